The highest BCUT2D eigenvalue weighted by atomic mass is 16.5. The number of hydrogen-bond donors (Lipinski definition) is 2. The van der Waals surface area contributed by atoms with E-state index >= 15 is 0 Å². The zero-order valence-electron chi connectivity index (χ0n) is 11.7. The predicted molar refractivity (Wildman–Crippen MR) is 74.8 cm³/mol. The van der Waals surface area contributed by atoms with Gasteiger partial charge in [0, 0.05) is 6.61 Å². The lowest BCUT2D eigenvalue weighted by atomic mass is 10.1. The number of methoxy groups -OCH3 is 1. The molecular weight excluding hydrogens is 244 g/mol. The molecule has 5 nitrogen and oxygen atoms in total. The minimum atomic E-state index is -0.0129. The van der Waals surface area contributed by atoms with E-state index in [1.54, 1.807) is 13.2 Å². The van der Waals surface area contributed by atoms with Crippen LogP contribution in [-0.4, -0.2) is 32.3 Å². The Bertz CT molecular complexity index is 421. The van der Waals surface area contributed by atoms with Gasteiger partial charge in [-0.05, 0) is 31.5 Å². The topological polar surface area (TPSA) is 77.6 Å². The molecule has 0 bridgehead atoms. The molecular formula is C14H22N2O3. The van der Waals surface area contributed by atoms with E-state index < -0.39 is 0 Å². The minimum Gasteiger partial charge on any atom is -0.496 e. The quantitative estimate of drug-likeness (QED) is 0.556. The first kappa shape index (κ1) is 15.5. The van der Waals surface area contributed by atoms with E-state index in [1.165, 1.54) is 0 Å². The van der Waals surface area contributed by atoms with Gasteiger partial charge in [0.25, 0.3) is 0 Å². The number of rotatable bonds is 8. The van der Waals surface area contributed by atoms with Crippen molar-refractivity contribution in [3.05, 3.63) is 29.3 Å². The zero-order chi connectivity index (χ0) is 14.3. The maximum absolute atomic E-state index is 7.52. The van der Waals surface area contributed by atoms with E-state index in [0.29, 0.717) is 31.1 Å². The number of hydrogen-bond acceptors (Lipinski definition) is 4. The molecule has 0 radical (unpaired) electrons. The second-order valence-corrected chi connectivity index (χ2v) is 4.23. The van der Waals surface area contributed by atoms with E-state index in [0.717, 1.165) is 5.56 Å². The van der Waals surface area contributed by atoms with Gasteiger partial charge < -0.3 is 19.9 Å². The molecule has 1 aromatic carbocycles. The number of nitrogens with one attached hydrogen (secondary N) is 1. The summed E-state index contributed by atoms with van der Waals surface area (Å²) in [4.78, 5) is 0. The SMILES string of the molecule is CCOCC(C)OCc1ccc(OC)c(C(=N)N)c1. The van der Waals surface area contributed by atoms with Crippen LogP contribution >= 0.6 is 0 Å². The summed E-state index contributed by atoms with van der Waals surface area (Å²) in [6.07, 6.45) is 0.0304. The molecule has 106 valence electrons. The molecule has 0 aromatic heterocycles. The average molecular weight is 266 g/mol. The van der Waals surface area contributed by atoms with Crippen LogP contribution in [0.3, 0.4) is 0 Å². The molecule has 0 fully saturated rings. The molecule has 1 atom stereocenters. The number of nitrogen functional groups attached to an aromatic ring is 1. The highest BCUT2D eigenvalue weighted by Gasteiger charge is 2.08. The normalized spacial score (nSPS) is 12.2. The van der Waals surface area contributed by atoms with Gasteiger partial charge in [-0.25, -0.2) is 0 Å². The third-order valence-corrected chi connectivity index (χ3v) is 2.65. The van der Waals surface area contributed by atoms with Crippen LogP contribution in [-0.2, 0) is 16.1 Å². The summed E-state index contributed by atoms with van der Waals surface area (Å²) in [6, 6.07) is 5.51. The van der Waals surface area contributed by atoms with Gasteiger partial charge in [-0.1, -0.05) is 6.07 Å². The standard InChI is InChI=1S/C14H22N2O3/c1-4-18-8-10(2)19-9-11-5-6-13(17-3)12(7-11)14(15)16/h5-7,10H,4,8-9H2,1-3H3,(H3,15,16). The summed E-state index contributed by atoms with van der Waals surface area (Å²) in [7, 11) is 1.56. The van der Waals surface area contributed by atoms with Gasteiger partial charge in [0.1, 0.15) is 11.6 Å². The fourth-order valence-electron chi connectivity index (χ4n) is 1.63. The van der Waals surface area contributed by atoms with Crippen LogP contribution in [0.15, 0.2) is 18.2 Å². The second kappa shape index (κ2) is 7.76. The maximum atomic E-state index is 7.52. The van der Waals surface area contributed by atoms with Crippen molar-refractivity contribution in [1.82, 2.24) is 0 Å². The Hall–Kier alpha value is -1.59. The van der Waals surface area contributed by atoms with Gasteiger partial charge in [0.05, 0.1) is 32.0 Å². The summed E-state index contributed by atoms with van der Waals surface area (Å²) in [5.41, 5.74) is 7.06. The molecule has 0 aliphatic rings. The predicted octanol–water partition coefficient (Wildman–Crippen LogP) is 1.92. The van der Waals surface area contributed by atoms with Crippen LogP contribution in [0.5, 0.6) is 5.75 Å². The van der Waals surface area contributed by atoms with Crippen molar-refractivity contribution in [3.63, 3.8) is 0 Å². The molecule has 0 aliphatic heterocycles. The minimum absolute atomic E-state index is 0.0129. The van der Waals surface area contributed by atoms with Crippen molar-refractivity contribution < 1.29 is 14.2 Å². The zero-order valence-corrected chi connectivity index (χ0v) is 11.7. The molecule has 3 N–H and O–H groups in total. The van der Waals surface area contributed by atoms with Crippen LogP contribution in [0, 0.1) is 5.41 Å². The van der Waals surface area contributed by atoms with E-state index in [1.807, 2.05) is 26.0 Å². The molecule has 19 heavy (non-hydrogen) atoms. The van der Waals surface area contributed by atoms with Crippen LogP contribution in [0.4, 0.5) is 0 Å². The first-order chi connectivity index (χ1) is 9.08. The van der Waals surface area contributed by atoms with Crippen molar-refractivity contribution in [3.8, 4) is 5.75 Å². The van der Waals surface area contributed by atoms with Crippen LogP contribution in [0.25, 0.3) is 0 Å². The highest BCUT2D eigenvalue weighted by Crippen LogP contribution is 2.20. The third kappa shape index (κ3) is 4.89. The lowest BCUT2D eigenvalue weighted by Crippen LogP contribution is -2.16. The molecule has 0 saturated heterocycles. The lowest BCUT2D eigenvalue weighted by molar-refractivity contribution is -0.0116. The molecule has 1 unspecified atom stereocenters. The Balaban J connectivity index is 2.64. The average Bonchev–Trinajstić information content (AvgIpc) is 2.42. The fourth-order valence-corrected chi connectivity index (χ4v) is 1.63. The van der Waals surface area contributed by atoms with Gasteiger partial charge in [0.2, 0.25) is 0 Å². The van der Waals surface area contributed by atoms with Crippen LogP contribution < -0.4 is 10.5 Å². The van der Waals surface area contributed by atoms with E-state index in [9.17, 15) is 0 Å². The number of amidine groups is 1. The molecule has 1 aromatic rings. The molecule has 1 rings (SSSR count). The molecule has 0 spiro atoms. The first-order valence-electron chi connectivity index (χ1n) is 6.29. The summed E-state index contributed by atoms with van der Waals surface area (Å²) in [6.45, 7) is 5.63. The number of benzene rings is 1. The Kier molecular flexibility index (Phi) is 6.32. The number of nitrogens with two attached hydrogens (primary N) is 1. The van der Waals surface area contributed by atoms with Crippen LogP contribution in [0.2, 0.25) is 0 Å². The van der Waals surface area contributed by atoms with Crippen molar-refractivity contribution in [2.75, 3.05) is 20.3 Å². The molecule has 0 aliphatic carbocycles. The fraction of sp³-hybridized carbons (Fsp3) is 0.500. The number of ether oxygens (including phenoxy) is 3. The second-order valence-electron chi connectivity index (χ2n) is 4.23. The third-order valence-electron chi connectivity index (χ3n) is 2.65. The van der Waals surface area contributed by atoms with E-state index in [2.05, 4.69) is 0 Å². The molecule has 0 saturated carbocycles. The molecule has 0 heterocycles. The van der Waals surface area contributed by atoms with E-state index in [-0.39, 0.29) is 11.9 Å². The van der Waals surface area contributed by atoms with Gasteiger partial charge in [-0.15, -0.1) is 0 Å². The summed E-state index contributed by atoms with van der Waals surface area (Å²) < 4.78 is 16.1. The Morgan fingerprint density at radius 1 is 1.42 bits per heavy atom. The molecule has 5 heteroatoms. The van der Waals surface area contributed by atoms with Crippen molar-refractivity contribution in [2.24, 2.45) is 5.73 Å². The smallest absolute Gasteiger partial charge is 0.129 e. The Labute approximate surface area is 114 Å². The summed E-state index contributed by atoms with van der Waals surface area (Å²) in [5, 5.41) is 7.52. The highest BCUT2D eigenvalue weighted by molar-refractivity contribution is 5.97. The lowest BCUT2D eigenvalue weighted by Gasteiger charge is -2.14. The summed E-state index contributed by atoms with van der Waals surface area (Å²) >= 11 is 0. The van der Waals surface area contributed by atoms with Gasteiger partial charge in [-0.3, -0.25) is 5.41 Å². The van der Waals surface area contributed by atoms with E-state index in [4.69, 9.17) is 25.4 Å². The Morgan fingerprint density at radius 3 is 2.74 bits per heavy atom. The first-order valence-corrected chi connectivity index (χ1v) is 6.29. The largest absolute Gasteiger partial charge is 0.496 e. The van der Waals surface area contributed by atoms with Gasteiger partial charge >= 0.3 is 0 Å². The Morgan fingerprint density at radius 2 is 2.16 bits per heavy atom. The van der Waals surface area contributed by atoms with Gasteiger partial charge in [-0.2, -0.15) is 0 Å². The summed E-state index contributed by atoms with van der Waals surface area (Å²) in [5.74, 6) is 0.583. The maximum Gasteiger partial charge on any atom is 0.129 e. The van der Waals surface area contributed by atoms with Gasteiger partial charge in [0.15, 0.2) is 0 Å². The molecule has 0 amide bonds. The van der Waals surface area contributed by atoms with Crippen molar-refractivity contribution >= 4 is 5.84 Å². The van der Waals surface area contributed by atoms with Crippen molar-refractivity contribution in [2.45, 2.75) is 26.6 Å². The van der Waals surface area contributed by atoms with Crippen LogP contribution in [0.1, 0.15) is 25.0 Å². The monoisotopic (exact) mass is 266 g/mol. The van der Waals surface area contributed by atoms with Crippen molar-refractivity contribution in [1.29, 1.82) is 5.41 Å².